The van der Waals surface area contributed by atoms with Crippen LogP contribution in [-0.2, 0) is 9.59 Å². The zero-order valence-electron chi connectivity index (χ0n) is 11.8. The van der Waals surface area contributed by atoms with Gasteiger partial charge in [-0.15, -0.1) is 0 Å². The van der Waals surface area contributed by atoms with Crippen LogP contribution < -0.4 is 11.1 Å². The molecule has 0 spiro atoms. The van der Waals surface area contributed by atoms with Gasteiger partial charge in [0, 0.05) is 19.5 Å². The van der Waals surface area contributed by atoms with E-state index in [0.717, 1.165) is 25.7 Å². The van der Waals surface area contributed by atoms with E-state index in [2.05, 4.69) is 5.32 Å². The molecule has 7 nitrogen and oxygen atoms in total. The van der Waals surface area contributed by atoms with Crippen molar-refractivity contribution in [2.75, 3.05) is 7.05 Å². The summed E-state index contributed by atoms with van der Waals surface area (Å²) in [4.78, 5) is 35.4. The van der Waals surface area contributed by atoms with Gasteiger partial charge in [0.25, 0.3) is 0 Å². The van der Waals surface area contributed by atoms with Gasteiger partial charge in [0.2, 0.25) is 5.91 Å². The van der Waals surface area contributed by atoms with Crippen molar-refractivity contribution in [2.24, 2.45) is 5.73 Å². The minimum absolute atomic E-state index is 0.00884. The Morgan fingerprint density at radius 1 is 1.30 bits per heavy atom. The number of nitrogens with two attached hydrogens (primary N) is 1. The summed E-state index contributed by atoms with van der Waals surface area (Å²) < 4.78 is 0. The van der Waals surface area contributed by atoms with Crippen LogP contribution in [0.5, 0.6) is 0 Å². The van der Waals surface area contributed by atoms with Crippen molar-refractivity contribution in [2.45, 2.75) is 57.0 Å². The number of primary amides is 1. The fraction of sp³-hybridized carbons (Fsp3) is 0.769. The molecule has 4 N–H and O–H groups in total. The number of amides is 3. The smallest absolute Gasteiger partial charge is 0.326 e. The number of nitrogens with one attached hydrogen (secondary N) is 1. The average molecular weight is 285 g/mol. The Labute approximate surface area is 118 Å². The van der Waals surface area contributed by atoms with E-state index in [0.29, 0.717) is 0 Å². The van der Waals surface area contributed by atoms with Crippen molar-refractivity contribution >= 4 is 17.9 Å². The van der Waals surface area contributed by atoms with E-state index in [1.165, 1.54) is 6.42 Å². The van der Waals surface area contributed by atoms with Gasteiger partial charge in [-0.25, -0.2) is 9.59 Å². The van der Waals surface area contributed by atoms with Crippen molar-refractivity contribution in [3.05, 3.63) is 0 Å². The molecule has 1 aliphatic rings. The number of carboxylic acid groups (broad SMARTS) is 1. The maximum atomic E-state index is 12.0. The lowest BCUT2D eigenvalue weighted by Gasteiger charge is -2.32. The van der Waals surface area contributed by atoms with Crippen LogP contribution in [0.2, 0.25) is 0 Å². The third-order valence-corrected chi connectivity index (χ3v) is 3.72. The summed E-state index contributed by atoms with van der Waals surface area (Å²) in [6.07, 6.45) is 5.20. The quantitative estimate of drug-likeness (QED) is 0.666. The molecule has 1 unspecified atom stereocenters. The third-order valence-electron chi connectivity index (χ3n) is 3.72. The van der Waals surface area contributed by atoms with Gasteiger partial charge in [-0.05, 0) is 19.3 Å². The van der Waals surface area contributed by atoms with E-state index in [4.69, 9.17) is 10.8 Å². The number of carbonyl (C=O) groups is 3. The molecule has 0 saturated heterocycles. The Hall–Kier alpha value is -1.79. The number of hydrogen-bond donors (Lipinski definition) is 3. The Balaban J connectivity index is 2.51. The predicted octanol–water partition coefficient (Wildman–Crippen LogP) is 0.679. The van der Waals surface area contributed by atoms with Gasteiger partial charge in [-0.1, -0.05) is 19.3 Å². The standard InChI is InChI=1S/C13H23N3O4/c1-16(9-5-3-2-4-6-9)13(20)15-10(12(18)19)7-8-11(14)17/h9-10H,2-8H2,1H3,(H2,14,17)(H,15,20)(H,18,19). The first-order chi connectivity index (χ1) is 9.41. The van der Waals surface area contributed by atoms with Crippen molar-refractivity contribution in [3.63, 3.8) is 0 Å². The number of aliphatic carboxylic acids is 1. The minimum Gasteiger partial charge on any atom is -0.480 e. The first-order valence-electron chi connectivity index (χ1n) is 6.96. The summed E-state index contributed by atoms with van der Waals surface area (Å²) in [5.74, 6) is -1.73. The molecule has 0 aromatic rings. The molecule has 1 fully saturated rings. The average Bonchev–Trinajstić information content (AvgIpc) is 2.42. The number of hydrogen-bond acceptors (Lipinski definition) is 3. The molecule has 1 aliphatic carbocycles. The lowest BCUT2D eigenvalue weighted by Crippen LogP contribution is -2.50. The molecule has 0 aromatic heterocycles. The molecule has 1 rings (SSSR count). The molecule has 1 atom stereocenters. The molecule has 20 heavy (non-hydrogen) atoms. The van der Waals surface area contributed by atoms with Gasteiger partial charge >= 0.3 is 12.0 Å². The summed E-state index contributed by atoms with van der Waals surface area (Å²) >= 11 is 0. The monoisotopic (exact) mass is 285 g/mol. The maximum Gasteiger partial charge on any atom is 0.326 e. The summed E-state index contributed by atoms with van der Waals surface area (Å²) in [6.45, 7) is 0. The van der Waals surface area contributed by atoms with Gasteiger partial charge in [-0.2, -0.15) is 0 Å². The molecule has 0 bridgehead atoms. The van der Waals surface area contributed by atoms with Crippen LogP contribution in [0.25, 0.3) is 0 Å². The van der Waals surface area contributed by atoms with Crippen LogP contribution in [0.1, 0.15) is 44.9 Å². The number of rotatable bonds is 6. The summed E-state index contributed by atoms with van der Waals surface area (Å²) in [7, 11) is 1.68. The number of nitrogens with zero attached hydrogens (tertiary/aromatic N) is 1. The van der Waals surface area contributed by atoms with Crippen LogP contribution in [0.15, 0.2) is 0 Å². The second-order valence-corrected chi connectivity index (χ2v) is 5.25. The maximum absolute atomic E-state index is 12.0. The zero-order chi connectivity index (χ0) is 15.1. The Morgan fingerprint density at radius 3 is 2.40 bits per heavy atom. The minimum atomic E-state index is -1.16. The van der Waals surface area contributed by atoms with E-state index < -0.39 is 23.9 Å². The fourth-order valence-electron chi connectivity index (χ4n) is 2.43. The molecule has 7 heteroatoms. The zero-order valence-corrected chi connectivity index (χ0v) is 11.8. The van der Waals surface area contributed by atoms with Crippen molar-refractivity contribution in [1.82, 2.24) is 10.2 Å². The number of carbonyl (C=O) groups excluding carboxylic acids is 2. The highest BCUT2D eigenvalue weighted by atomic mass is 16.4. The second-order valence-electron chi connectivity index (χ2n) is 5.25. The lowest BCUT2D eigenvalue weighted by molar-refractivity contribution is -0.139. The fourth-order valence-corrected chi connectivity index (χ4v) is 2.43. The molecule has 0 aromatic carbocycles. The third kappa shape index (κ3) is 5.07. The number of carboxylic acids is 1. The molecule has 0 heterocycles. The van der Waals surface area contributed by atoms with Gasteiger partial charge in [0.1, 0.15) is 6.04 Å². The SMILES string of the molecule is CN(C(=O)NC(CCC(N)=O)C(=O)O)C1CCCCC1. The van der Waals surface area contributed by atoms with Crippen molar-refractivity contribution in [1.29, 1.82) is 0 Å². The molecule has 3 amide bonds. The van der Waals surface area contributed by atoms with Crippen LogP contribution in [0, 0.1) is 0 Å². The Kier molecular flexibility index (Phi) is 6.27. The van der Waals surface area contributed by atoms with Gasteiger partial charge in [0.05, 0.1) is 0 Å². The highest BCUT2D eigenvalue weighted by Gasteiger charge is 2.26. The van der Waals surface area contributed by atoms with Gasteiger partial charge < -0.3 is 21.1 Å². The first-order valence-corrected chi connectivity index (χ1v) is 6.96. The molecular formula is C13H23N3O4. The summed E-state index contributed by atoms with van der Waals surface area (Å²) in [5.41, 5.74) is 4.99. The highest BCUT2D eigenvalue weighted by molar-refractivity contribution is 5.83. The summed E-state index contributed by atoms with van der Waals surface area (Å²) in [5, 5.41) is 11.5. The first kappa shape index (κ1) is 16.3. The van der Waals surface area contributed by atoms with E-state index in [1.807, 2.05) is 0 Å². The molecule has 114 valence electrons. The number of urea groups is 1. The van der Waals surface area contributed by atoms with Crippen LogP contribution in [-0.4, -0.2) is 47.0 Å². The van der Waals surface area contributed by atoms with E-state index in [1.54, 1.807) is 11.9 Å². The van der Waals surface area contributed by atoms with Crippen molar-refractivity contribution in [3.8, 4) is 0 Å². The van der Waals surface area contributed by atoms with E-state index in [-0.39, 0.29) is 18.9 Å². The van der Waals surface area contributed by atoms with E-state index >= 15 is 0 Å². The van der Waals surface area contributed by atoms with Gasteiger partial charge in [0.15, 0.2) is 0 Å². The second kappa shape index (κ2) is 7.72. The molecule has 1 saturated carbocycles. The molecule has 0 aliphatic heterocycles. The predicted molar refractivity (Wildman–Crippen MR) is 73.0 cm³/mol. The largest absolute Gasteiger partial charge is 0.480 e. The van der Waals surface area contributed by atoms with Crippen LogP contribution >= 0.6 is 0 Å². The lowest BCUT2D eigenvalue weighted by atomic mass is 9.95. The highest BCUT2D eigenvalue weighted by Crippen LogP contribution is 2.21. The molecular weight excluding hydrogens is 262 g/mol. The van der Waals surface area contributed by atoms with Crippen molar-refractivity contribution < 1.29 is 19.5 Å². The normalized spacial score (nSPS) is 17.2. The Bertz CT molecular complexity index is 367. The Morgan fingerprint density at radius 2 is 1.90 bits per heavy atom. The topological polar surface area (TPSA) is 113 Å². The van der Waals surface area contributed by atoms with E-state index in [9.17, 15) is 14.4 Å². The molecule has 0 radical (unpaired) electrons. The van der Waals surface area contributed by atoms with Crippen LogP contribution in [0.3, 0.4) is 0 Å². The van der Waals surface area contributed by atoms with Crippen LogP contribution in [0.4, 0.5) is 4.79 Å². The summed E-state index contributed by atoms with van der Waals surface area (Å²) in [6, 6.07) is -1.33. The van der Waals surface area contributed by atoms with Gasteiger partial charge in [-0.3, -0.25) is 4.79 Å².